The van der Waals surface area contributed by atoms with Crippen molar-refractivity contribution >= 4 is 0 Å². The van der Waals surface area contributed by atoms with E-state index in [2.05, 4.69) is 37.1 Å². The molecular formula is C18H34N2. The Balaban J connectivity index is 1.72. The zero-order chi connectivity index (χ0) is 14.4. The Bertz CT molecular complexity index is 299. The van der Waals surface area contributed by atoms with E-state index >= 15 is 0 Å². The molecule has 0 aromatic rings. The molecule has 2 nitrogen and oxygen atoms in total. The largest absolute Gasteiger partial charge is 0.311 e. The molecule has 2 unspecified atom stereocenters. The summed E-state index contributed by atoms with van der Waals surface area (Å²) in [4.78, 5) is 2.60. The molecule has 1 saturated carbocycles. The zero-order valence-electron chi connectivity index (χ0n) is 13.8. The summed E-state index contributed by atoms with van der Waals surface area (Å²) in [5, 5.41) is 4.00. The molecule has 0 aromatic carbocycles. The Labute approximate surface area is 126 Å². The summed E-state index contributed by atoms with van der Waals surface area (Å²) < 4.78 is 0. The van der Waals surface area contributed by atoms with E-state index in [1.807, 2.05) is 0 Å². The van der Waals surface area contributed by atoms with Gasteiger partial charge in [0.2, 0.25) is 0 Å². The van der Waals surface area contributed by atoms with Gasteiger partial charge in [0.25, 0.3) is 0 Å². The van der Waals surface area contributed by atoms with Crippen LogP contribution in [0, 0.1) is 5.92 Å². The summed E-state index contributed by atoms with van der Waals surface area (Å²) in [6.45, 7) is 10.4. The number of nitrogens with one attached hydrogen (secondary N) is 1. The van der Waals surface area contributed by atoms with E-state index in [1.165, 1.54) is 63.6 Å². The first-order chi connectivity index (χ1) is 9.69. The average molecular weight is 278 g/mol. The van der Waals surface area contributed by atoms with Crippen molar-refractivity contribution in [1.82, 2.24) is 10.2 Å². The third-order valence-corrected chi connectivity index (χ3v) is 5.23. The SMILES string of the molecule is CCC1CCCCC1NC1CCN(CC=C(C)C)CC1. The molecule has 2 rings (SSSR count). The van der Waals surface area contributed by atoms with Gasteiger partial charge in [-0.2, -0.15) is 0 Å². The molecule has 2 aliphatic rings. The van der Waals surface area contributed by atoms with E-state index < -0.39 is 0 Å². The summed E-state index contributed by atoms with van der Waals surface area (Å²) in [5.41, 5.74) is 1.44. The number of hydrogen-bond acceptors (Lipinski definition) is 2. The lowest BCUT2D eigenvalue weighted by Crippen LogP contribution is -2.49. The van der Waals surface area contributed by atoms with Crippen LogP contribution in [0.2, 0.25) is 0 Å². The molecule has 1 saturated heterocycles. The Morgan fingerprint density at radius 2 is 1.80 bits per heavy atom. The van der Waals surface area contributed by atoms with Gasteiger partial charge in [0.1, 0.15) is 0 Å². The molecule has 0 radical (unpaired) electrons. The summed E-state index contributed by atoms with van der Waals surface area (Å²) >= 11 is 0. The summed E-state index contributed by atoms with van der Waals surface area (Å²) in [5.74, 6) is 0.937. The molecule has 116 valence electrons. The van der Waals surface area contributed by atoms with Gasteiger partial charge < -0.3 is 5.32 Å². The van der Waals surface area contributed by atoms with Crippen molar-refractivity contribution in [3.63, 3.8) is 0 Å². The molecule has 2 heteroatoms. The maximum atomic E-state index is 4.00. The molecule has 20 heavy (non-hydrogen) atoms. The second-order valence-electron chi connectivity index (χ2n) is 7.08. The monoisotopic (exact) mass is 278 g/mol. The van der Waals surface area contributed by atoms with Gasteiger partial charge in [0.05, 0.1) is 0 Å². The van der Waals surface area contributed by atoms with Crippen molar-refractivity contribution in [3.05, 3.63) is 11.6 Å². The van der Waals surface area contributed by atoms with Crippen molar-refractivity contribution in [3.8, 4) is 0 Å². The fourth-order valence-electron chi connectivity index (χ4n) is 3.81. The molecule has 0 bridgehead atoms. The Morgan fingerprint density at radius 3 is 2.45 bits per heavy atom. The molecular weight excluding hydrogens is 244 g/mol. The minimum absolute atomic E-state index is 0.773. The predicted molar refractivity (Wildman–Crippen MR) is 88.1 cm³/mol. The zero-order valence-corrected chi connectivity index (χ0v) is 13.8. The maximum Gasteiger partial charge on any atom is 0.0165 e. The van der Waals surface area contributed by atoms with Crippen molar-refractivity contribution < 1.29 is 0 Å². The van der Waals surface area contributed by atoms with E-state index in [9.17, 15) is 0 Å². The third-order valence-electron chi connectivity index (χ3n) is 5.23. The summed E-state index contributed by atoms with van der Waals surface area (Å²) in [6, 6.07) is 1.58. The van der Waals surface area contributed by atoms with Crippen LogP contribution < -0.4 is 5.32 Å². The van der Waals surface area contributed by atoms with Crippen LogP contribution in [0.3, 0.4) is 0 Å². The van der Waals surface area contributed by atoms with Gasteiger partial charge in [-0.1, -0.05) is 37.8 Å². The van der Waals surface area contributed by atoms with Gasteiger partial charge in [0.15, 0.2) is 0 Å². The van der Waals surface area contributed by atoms with Crippen LogP contribution >= 0.6 is 0 Å². The third kappa shape index (κ3) is 4.89. The molecule has 1 aliphatic carbocycles. The second kappa shape index (κ2) is 8.19. The second-order valence-corrected chi connectivity index (χ2v) is 7.08. The number of piperidine rings is 1. The highest BCUT2D eigenvalue weighted by atomic mass is 15.1. The van der Waals surface area contributed by atoms with Crippen molar-refractivity contribution in [2.75, 3.05) is 19.6 Å². The van der Waals surface area contributed by atoms with E-state index in [0.717, 1.165) is 24.5 Å². The highest BCUT2D eigenvalue weighted by Crippen LogP contribution is 2.28. The number of hydrogen-bond donors (Lipinski definition) is 1. The van der Waals surface area contributed by atoms with Crippen LogP contribution in [0.5, 0.6) is 0 Å². The minimum Gasteiger partial charge on any atom is -0.311 e. The molecule has 1 heterocycles. The molecule has 0 aromatic heterocycles. The van der Waals surface area contributed by atoms with Gasteiger partial charge in [-0.3, -0.25) is 4.90 Å². The van der Waals surface area contributed by atoms with Crippen LogP contribution in [-0.2, 0) is 0 Å². The smallest absolute Gasteiger partial charge is 0.0165 e. The number of allylic oxidation sites excluding steroid dienone is 1. The first kappa shape index (κ1) is 16.0. The first-order valence-corrected chi connectivity index (χ1v) is 8.80. The van der Waals surface area contributed by atoms with Crippen molar-refractivity contribution in [2.45, 2.75) is 77.8 Å². The number of nitrogens with zero attached hydrogens (tertiary/aromatic N) is 1. The summed E-state index contributed by atoms with van der Waals surface area (Å²) in [7, 11) is 0. The van der Waals surface area contributed by atoms with E-state index in [-0.39, 0.29) is 0 Å². The molecule has 0 spiro atoms. The predicted octanol–water partition coefficient (Wildman–Crippen LogP) is 3.98. The molecule has 2 fully saturated rings. The normalized spacial score (nSPS) is 29.4. The molecule has 1 aliphatic heterocycles. The molecule has 2 atom stereocenters. The van der Waals surface area contributed by atoms with Gasteiger partial charge >= 0.3 is 0 Å². The van der Waals surface area contributed by atoms with E-state index in [0.29, 0.717) is 0 Å². The molecule has 0 amide bonds. The van der Waals surface area contributed by atoms with Crippen LogP contribution in [0.4, 0.5) is 0 Å². The highest BCUT2D eigenvalue weighted by Gasteiger charge is 2.27. The Kier molecular flexibility index (Phi) is 6.57. The minimum atomic E-state index is 0.773. The van der Waals surface area contributed by atoms with Crippen LogP contribution in [0.25, 0.3) is 0 Å². The van der Waals surface area contributed by atoms with Crippen molar-refractivity contribution in [1.29, 1.82) is 0 Å². The number of rotatable bonds is 5. The number of likely N-dealkylation sites (tertiary alicyclic amines) is 1. The topological polar surface area (TPSA) is 15.3 Å². The Morgan fingerprint density at radius 1 is 1.10 bits per heavy atom. The lowest BCUT2D eigenvalue weighted by atomic mass is 9.82. The first-order valence-electron chi connectivity index (χ1n) is 8.80. The van der Waals surface area contributed by atoms with Gasteiger partial charge in [-0.15, -0.1) is 0 Å². The fraction of sp³-hybridized carbons (Fsp3) is 0.889. The quantitative estimate of drug-likeness (QED) is 0.765. The van der Waals surface area contributed by atoms with Gasteiger partial charge in [-0.05, 0) is 58.5 Å². The highest BCUT2D eigenvalue weighted by molar-refractivity contribution is 4.96. The van der Waals surface area contributed by atoms with Gasteiger partial charge in [-0.25, -0.2) is 0 Å². The van der Waals surface area contributed by atoms with E-state index in [1.54, 1.807) is 0 Å². The van der Waals surface area contributed by atoms with Crippen molar-refractivity contribution in [2.24, 2.45) is 5.92 Å². The maximum absolute atomic E-state index is 4.00. The van der Waals surface area contributed by atoms with Gasteiger partial charge in [0, 0.05) is 18.6 Å². The van der Waals surface area contributed by atoms with Crippen LogP contribution in [0.1, 0.15) is 65.7 Å². The summed E-state index contributed by atoms with van der Waals surface area (Å²) in [6.07, 6.45) is 12.2. The van der Waals surface area contributed by atoms with Crippen LogP contribution in [0.15, 0.2) is 11.6 Å². The lowest BCUT2D eigenvalue weighted by molar-refractivity contribution is 0.174. The van der Waals surface area contributed by atoms with E-state index in [4.69, 9.17) is 0 Å². The molecule has 1 N–H and O–H groups in total. The average Bonchev–Trinajstić information content (AvgIpc) is 2.47. The van der Waals surface area contributed by atoms with Crippen LogP contribution in [-0.4, -0.2) is 36.6 Å². The fourth-order valence-corrected chi connectivity index (χ4v) is 3.81. The lowest BCUT2D eigenvalue weighted by Gasteiger charge is -2.38. The standard InChI is InChI=1S/C18H34N2/c1-4-16-7-5-6-8-18(16)19-17-10-13-20(14-11-17)12-9-15(2)3/h9,16-19H,4-8,10-14H2,1-3H3. The Hall–Kier alpha value is -0.340.